The number of esters is 1. The summed E-state index contributed by atoms with van der Waals surface area (Å²) in [5.41, 5.74) is 9.66. The quantitative estimate of drug-likeness (QED) is 0.503. The van der Waals surface area contributed by atoms with E-state index in [0.29, 0.717) is 11.1 Å². The lowest BCUT2D eigenvalue weighted by Crippen LogP contribution is -2.21. The molecule has 3 rings (SSSR count). The molecule has 0 spiro atoms. The fourth-order valence-electron chi connectivity index (χ4n) is 3.80. The third kappa shape index (κ3) is 5.43. The van der Waals surface area contributed by atoms with Crippen LogP contribution in [0.3, 0.4) is 0 Å². The predicted molar refractivity (Wildman–Crippen MR) is 132 cm³/mol. The third-order valence-electron chi connectivity index (χ3n) is 5.29. The van der Waals surface area contributed by atoms with Crippen LogP contribution >= 0.6 is 12.4 Å². The van der Waals surface area contributed by atoms with E-state index in [-0.39, 0.29) is 43.8 Å². The van der Waals surface area contributed by atoms with Crippen LogP contribution in [-0.4, -0.2) is 48.6 Å². The average molecular weight is 474 g/mol. The number of halogens is 2. The van der Waals surface area contributed by atoms with Crippen LogP contribution in [0.2, 0.25) is 0 Å². The minimum absolute atomic E-state index is 0. The second-order valence-corrected chi connectivity index (χ2v) is 7.67. The SMILES string of the molecule is CCOC(=O)c1ccc2c(c1)c(-c1cccc(C(=O)N(C)C)c1)c(C)n2CC(F)=CCN.Cl. The van der Waals surface area contributed by atoms with Crippen molar-refractivity contribution < 1.29 is 18.7 Å². The van der Waals surface area contributed by atoms with Gasteiger partial charge in [-0.05, 0) is 55.8 Å². The number of carbonyl (C=O) groups is 2. The zero-order valence-electron chi connectivity index (χ0n) is 19.2. The summed E-state index contributed by atoms with van der Waals surface area (Å²) in [4.78, 5) is 26.4. The highest BCUT2D eigenvalue weighted by Gasteiger charge is 2.20. The van der Waals surface area contributed by atoms with Gasteiger partial charge in [-0.25, -0.2) is 9.18 Å². The standard InChI is InChI=1S/C25H28FN3O3.ClH/c1-5-32-25(31)19-9-10-22-21(14-19)23(16(2)29(22)15-20(26)11-12-27)17-7-6-8-18(13-17)24(30)28(3)4;/h6-11,13-14H,5,12,15,27H2,1-4H3;1H. The summed E-state index contributed by atoms with van der Waals surface area (Å²) >= 11 is 0. The van der Waals surface area contributed by atoms with E-state index in [1.807, 2.05) is 29.7 Å². The molecule has 6 nitrogen and oxygen atoms in total. The fraction of sp³-hybridized carbons (Fsp3) is 0.280. The zero-order valence-corrected chi connectivity index (χ0v) is 20.0. The van der Waals surface area contributed by atoms with Crippen molar-refractivity contribution in [3.8, 4) is 11.1 Å². The Kier molecular flexibility index (Phi) is 8.79. The van der Waals surface area contributed by atoms with Crippen LogP contribution in [0.25, 0.3) is 22.0 Å². The molecule has 0 aliphatic heterocycles. The van der Waals surface area contributed by atoms with Crippen LogP contribution in [0.4, 0.5) is 4.39 Å². The van der Waals surface area contributed by atoms with Gasteiger partial charge in [0.15, 0.2) is 0 Å². The molecule has 176 valence electrons. The molecule has 1 heterocycles. The van der Waals surface area contributed by atoms with Gasteiger partial charge in [0, 0.05) is 48.4 Å². The van der Waals surface area contributed by atoms with Crippen LogP contribution < -0.4 is 5.73 Å². The predicted octanol–water partition coefficient (Wildman–Crippen LogP) is 4.73. The molecule has 0 radical (unpaired) electrons. The average Bonchev–Trinajstić information content (AvgIpc) is 3.04. The fourth-order valence-corrected chi connectivity index (χ4v) is 3.80. The minimum Gasteiger partial charge on any atom is -0.462 e. The largest absolute Gasteiger partial charge is 0.462 e. The second-order valence-electron chi connectivity index (χ2n) is 7.67. The van der Waals surface area contributed by atoms with Gasteiger partial charge in [0.2, 0.25) is 0 Å². The Morgan fingerprint density at radius 2 is 1.88 bits per heavy atom. The first-order chi connectivity index (χ1) is 15.3. The van der Waals surface area contributed by atoms with Gasteiger partial charge in [-0.1, -0.05) is 12.1 Å². The summed E-state index contributed by atoms with van der Waals surface area (Å²) < 4.78 is 21.4. The summed E-state index contributed by atoms with van der Waals surface area (Å²) in [5, 5.41) is 0.781. The van der Waals surface area contributed by atoms with Crippen LogP contribution in [-0.2, 0) is 11.3 Å². The second kappa shape index (κ2) is 11.1. The van der Waals surface area contributed by atoms with Crippen molar-refractivity contribution in [3.63, 3.8) is 0 Å². The number of aromatic nitrogens is 1. The number of amides is 1. The van der Waals surface area contributed by atoms with Crippen molar-refractivity contribution in [1.29, 1.82) is 0 Å². The molecule has 0 aliphatic carbocycles. The number of nitrogens with zero attached hydrogens (tertiary/aromatic N) is 2. The van der Waals surface area contributed by atoms with E-state index in [2.05, 4.69) is 0 Å². The van der Waals surface area contributed by atoms with Crippen molar-refractivity contribution in [1.82, 2.24) is 9.47 Å². The van der Waals surface area contributed by atoms with Crippen molar-refractivity contribution >= 4 is 35.2 Å². The number of ether oxygens (including phenoxy) is 1. The molecular weight excluding hydrogens is 445 g/mol. The molecule has 2 aromatic carbocycles. The Hall–Kier alpha value is -3.16. The number of nitrogens with two attached hydrogens (primary N) is 1. The maximum absolute atomic E-state index is 14.4. The number of fused-ring (bicyclic) bond motifs is 1. The molecule has 0 atom stereocenters. The molecule has 2 N–H and O–H groups in total. The Balaban J connectivity index is 0.00000385. The molecule has 0 bridgehead atoms. The van der Waals surface area contributed by atoms with E-state index in [0.717, 1.165) is 27.7 Å². The molecule has 8 heteroatoms. The van der Waals surface area contributed by atoms with Crippen molar-refractivity contribution in [3.05, 3.63) is 71.2 Å². The molecular formula is C25H29ClFN3O3. The lowest BCUT2D eigenvalue weighted by Gasteiger charge is -2.12. The maximum Gasteiger partial charge on any atom is 0.338 e. The smallest absolute Gasteiger partial charge is 0.338 e. The number of carbonyl (C=O) groups excluding carboxylic acids is 2. The molecule has 0 fully saturated rings. The molecule has 0 saturated heterocycles. The van der Waals surface area contributed by atoms with Crippen LogP contribution in [0.1, 0.15) is 33.3 Å². The van der Waals surface area contributed by atoms with E-state index >= 15 is 0 Å². The lowest BCUT2D eigenvalue weighted by molar-refractivity contribution is 0.0526. The van der Waals surface area contributed by atoms with Gasteiger partial charge < -0.3 is 19.9 Å². The minimum atomic E-state index is -0.420. The zero-order chi connectivity index (χ0) is 23.4. The summed E-state index contributed by atoms with van der Waals surface area (Å²) in [6, 6.07) is 12.5. The normalized spacial score (nSPS) is 11.3. The van der Waals surface area contributed by atoms with E-state index in [1.54, 1.807) is 45.3 Å². The van der Waals surface area contributed by atoms with Crippen LogP contribution in [0.5, 0.6) is 0 Å². The Labute approximate surface area is 199 Å². The van der Waals surface area contributed by atoms with Crippen LogP contribution in [0, 0.1) is 6.92 Å². The Bertz CT molecular complexity index is 1200. The lowest BCUT2D eigenvalue weighted by atomic mass is 9.99. The third-order valence-corrected chi connectivity index (χ3v) is 5.29. The van der Waals surface area contributed by atoms with Gasteiger partial charge in [0.1, 0.15) is 5.83 Å². The van der Waals surface area contributed by atoms with Gasteiger partial charge in [0.05, 0.1) is 18.7 Å². The molecule has 3 aromatic rings. The Morgan fingerprint density at radius 1 is 1.15 bits per heavy atom. The molecule has 0 saturated carbocycles. The molecule has 33 heavy (non-hydrogen) atoms. The molecule has 0 aliphatic rings. The van der Waals surface area contributed by atoms with Gasteiger partial charge in [0.25, 0.3) is 5.91 Å². The summed E-state index contributed by atoms with van der Waals surface area (Å²) in [7, 11) is 3.40. The molecule has 1 aromatic heterocycles. The number of hydrogen-bond acceptors (Lipinski definition) is 4. The maximum atomic E-state index is 14.4. The summed E-state index contributed by atoms with van der Waals surface area (Å²) in [6.45, 7) is 4.05. The van der Waals surface area contributed by atoms with Gasteiger partial charge in [-0.3, -0.25) is 4.79 Å². The van der Waals surface area contributed by atoms with Crippen LogP contribution in [0.15, 0.2) is 54.4 Å². The number of rotatable bonds is 7. The molecule has 1 amide bonds. The number of benzene rings is 2. The summed E-state index contributed by atoms with van der Waals surface area (Å²) in [5.74, 6) is -0.876. The highest BCUT2D eigenvalue weighted by Crippen LogP contribution is 2.36. The first-order valence-electron chi connectivity index (χ1n) is 10.4. The van der Waals surface area contributed by atoms with Gasteiger partial charge in [-0.15, -0.1) is 12.4 Å². The van der Waals surface area contributed by atoms with Gasteiger partial charge >= 0.3 is 5.97 Å². The van der Waals surface area contributed by atoms with Crippen molar-refractivity contribution in [2.75, 3.05) is 27.2 Å². The van der Waals surface area contributed by atoms with Gasteiger partial charge in [-0.2, -0.15) is 0 Å². The summed E-state index contributed by atoms with van der Waals surface area (Å²) in [6.07, 6.45) is 1.34. The van der Waals surface area contributed by atoms with Crippen molar-refractivity contribution in [2.24, 2.45) is 5.73 Å². The highest BCUT2D eigenvalue weighted by molar-refractivity contribution is 6.04. The number of allylic oxidation sites excluding steroid dienone is 1. The van der Waals surface area contributed by atoms with Crippen molar-refractivity contribution in [2.45, 2.75) is 20.4 Å². The number of hydrogen-bond donors (Lipinski definition) is 1. The van der Waals surface area contributed by atoms with E-state index in [4.69, 9.17) is 10.5 Å². The first kappa shape index (κ1) is 26.1. The first-order valence-corrected chi connectivity index (χ1v) is 10.4. The van der Waals surface area contributed by atoms with E-state index < -0.39 is 5.97 Å². The topological polar surface area (TPSA) is 77.6 Å². The highest BCUT2D eigenvalue weighted by atomic mass is 35.5. The van der Waals surface area contributed by atoms with E-state index in [9.17, 15) is 14.0 Å². The van der Waals surface area contributed by atoms with E-state index in [1.165, 1.54) is 11.0 Å². The molecule has 0 unspecified atom stereocenters. The monoisotopic (exact) mass is 473 g/mol. The Morgan fingerprint density at radius 3 is 2.52 bits per heavy atom.